The van der Waals surface area contributed by atoms with E-state index in [2.05, 4.69) is 25.6 Å². The van der Waals surface area contributed by atoms with Crippen LogP contribution in [0.3, 0.4) is 0 Å². The van der Waals surface area contributed by atoms with Gasteiger partial charge in [-0.2, -0.15) is 0 Å². The predicted molar refractivity (Wildman–Crippen MR) is 125 cm³/mol. The molecule has 0 spiro atoms. The van der Waals surface area contributed by atoms with E-state index in [1.54, 1.807) is 24.7 Å². The second-order valence-electron chi connectivity index (χ2n) is 6.59. The fraction of sp³-hybridized carbons (Fsp3) is 0.190. The molecular weight excluding hydrogens is 468 g/mol. The van der Waals surface area contributed by atoms with Gasteiger partial charge in [0.05, 0.1) is 18.0 Å². The summed E-state index contributed by atoms with van der Waals surface area (Å²) in [5.41, 5.74) is 5.50. The fourth-order valence-electron chi connectivity index (χ4n) is 2.89. The summed E-state index contributed by atoms with van der Waals surface area (Å²) in [5.74, 6) is 0.856. The van der Waals surface area contributed by atoms with Gasteiger partial charge in [-0.25, -0.2) is 10.5 Å². The lowest BCUT2D eigenvalue weighted by Crippen LogP contribution is -2.23. The summed E-state index contributed by atoms with van der Waals surface area (Å²) in [4.78, 5) is 25.4. The highest BCUT2D eigenvalue weighted by atomic mass is 35.5. The molecule has 1 amide bonds. The molecule has 0 aliphatic carbocycles. The summed E-state index contributed by atoms with van der Waals surface area (Å²) in [7, 11) is 0. The Labute approximate surface area is 198 Å². The summed E-state index contributed by atoms with van der Waals surface area (Å²) < 4.78 is 1.98. The third-order valence-corrected chi connectivity index (χ3v) is 6.61. The molecule has 0 aliphatic rings. The topological polar surface area (TPSA) is 94.8 Å². The summed E-state index contributed by atoms with van der Waals surface area (Å²) in [5, 5.41) is 12.7. The third-order valence-electron chi connectivity index (χ3n) is 4.40. The summed E-state index contributed by atoms with van der Waals surface area (Å²) >= 11 is 9.19. The zero-order chi connectivity index (χ0) is 22.5. The van der Waals surface area contributed by atoms with E-state index < -0.39 is 0 Å². The number of hydrogen-bond donors (Lipinski definition) is 1. The van der Waals surface area contributed by atoms with Crippen LogP contribution >= 0.6 is 34.7 Å². The normalized spacial score (nSPS) is 11.0. The number of halogens is 1. The second-order valence-corrected chi connectivity index (χ2v) is 8.91. The van der Waals surface area contributed by atoms with Gasteiger partial charge < -0.3 is 0 Å². The van der Waals surface area contributed by atoms with Crippen molar-refractivity contribution in [3.8, 4) is 17.1 Å². The number of carbonyl (C=O) groups excluding carboxylic acids is 1. The van der Waals surface area contributed by atoms with Crippen LogP contribution in [0.2, 0.25) is 5.02 Å². The largest absolute Gasteiger partial charge is 0.294 e. The third kappa shape index (κ3) is 4.99. The maximum atomic E-state index is 12.0. The van der Waals surface area contributed by atoms with Gasteiger partial charge in [0.15, 0.2) is 11.0 Å². The van der Waals surface area contributed by atoms with Crippen molar-refractivity contribution >= 4 is 40.6 Å². The second kappa shape index (κ2) is 10.2. The van der Waals surface area contributed by atoms with E-state index in [4.69, 9.17) is 16.4 Å². The van der Waals surface area contributed by atoms with E-state index in [0.29, 0.717) is 34.1 Å². The Kier molecular flexibility index (Phi) is 7.15. The molecule has 4 rings (SSSR count). The van der Waals surface area contributed by atoms with E-state index in [9.17, 15) is 4.79 Å². The van der Waals surface area contributed by atoms with E-state index in [1.165, 1.54) is 23.1 Å². The number of hydrogen-bond acceptors (Lipinski definition) is 8. The molecule has 1 N–H and O–H groups in total. The van der Waals surface area contributed by atoms with Crippen molar-refractivity contribution in [3.63, 3.8) is 0 Å². The van der Waals surface area contributed by atoms with Gasteiger partial charge in [-0.3, -0.25) is 19.2 Å². The molecule has 0 fully saturated rings. The van der Waals surface area contributed by atoms with Crippen molar-refractivity contribution in [2.45, 2.75) is 24.8 Å². The van der Waals surface area contributed by atoms with Crippen LogP contribution in [-0.4, -0.2) is 37.2 Å². The van der Waals surface area contributed by atoms with Crippen LogP contribution in [-0.2, 0) is 10.6 Å². The van der Waals surface area contributed by atoms with Crippen LogP contribution in [0.15, 0.2) is 53.3 Å². The van der Waals surface area contributed by atoms with Gasteiger partial charge in [0, 0.05) is 28.4 Å². The minimum Gasteiger partial charge on any atom is -0.274 e. The van der Waals surface area contributed by atoms with Gasteiger partial charge in [0.1, 0.15) is 10.7 Å². The first-order valence-electron chi connectivity index (χ1n) is 9.68. The lowest BCUT2D eigenvalue weighted by Gasteiger charge is -2.13. The van der Waals surface area contributed by atoms with Crippen LogP contribution in [0.25, 0.3) is 17.1 Å². The van der Waals surface area contributed by atoms with Crippen LogP contribution in [0.5, 0.6) is 0 Å². The Balaban J connectivity index is 1.64. The number of carbonyl (C=O) groups is 1. The number of nitrogens with zero attached hydrogens (tertiary/aromatic N) is 5. The number of amides is 1. The molecule has 0 bridgehead atoms. The number of aryl methyl sites for hydroxylation is 1. The average molecular weight is 487 g/mol. The van der Waals surface area contributed by atoms with Crippen LogP contribution in [0.4, 0.5) is 0 Å². The molecule has 0 aliphatic heterocycles. The molecule has 0 saturated heterocycles. The first-order valence-corrected chi connectivity index (χ1v) is 11.9. The number of aromatic nitrogens is 5. The van der Waals surface area contributed by atoms with E-state index >= 15 is 0 Å². The highest BCUT2D eigenvalue weighted by Gasteiger charge is 2.19. The monoisotopic (exact) mass is 486 g/mol. The minimum atomic E-state index is -0.364. The number of thiazole rings is 1. The standard InChI is InChI=1S/C21H19ClN6O2S2/c1-3-30-27-20(29)16-11-31-18(24-16)12-32-21-26-25-19(14-6-8-23-9-7-14)28(21)17-10-15(22)5-4-13(17)2/h4-11H,3,12H2,1-2H3,(H,27,29). The minimum absolute atomic E-state index is 0.323. The molecule has 32 heavy (non-hydrogen) atoms. The van der Waals surface area contributed by atoms with Crippen molar-refractivity contribution in [1.82, 2.24) is 30.2 Å². The number of hydroxylamine groups is 1. The lowest BCUT2D eigenvalue weighted by molar-refractivity contribution is 0.0360. The van der Waals surface area contributed by atoms with E-state index in [1.807, 2.05) is 41.8 Å². The van der Waals surface area contributed by atoms with E-state index in [0.717, 1.165) is 21.8 Å². The van der Waals surface area contributed by atoms with Crippen molar-refractivity contribution < 1.29 is 9.63 Å². The number of pyridine rings is 1. The van der Waals surface area contributed by atoms with Gasteiger partial charge >= 0.3 is 0 Å². The number of benzene rings is 1. The van der Waals surface area contributed by atoms with Gasteiger partial charge in [-0.1, -0.05) is 29.4 Å². The Morgan fingerprint density at radius 3 is 2.84 bits per heavy atom. The molecule has 1 aromatic carbocycles. The van der Waals surface area contributed by atoms with Crippen molar-refractivity contribution in [1.29, 1.82) is 0 Å². The molecule has 11 heteroatoms. The highest BCUT2D eigenvalue weighted by Crippen LogP contribution is 2.32. The van der Waals surface area contributed by atoms with Gasteiger partial charge in [0.2, 0.25) is 0 Å². The predicted octanol–water partition coefficient (Wildman–Crippen LogP) is 4.72. The van der Waals surface area contributed by atoms with E-state index in [-0.39, 0.29) is 5.91 Å². The van der Waals surface area contributed by atoms with Crippen LogP contribution in [0, 0.1) is 6.92 Å². The highest BCUT2D eigenvalue weighted by molar-refractivity contribution is 7.98. The van der Waals surface area contributed by atoms with Gasteiger partial charge in [0.25, 0.3) is 5.91 Å². The Bertz CT molecular complexity index is 1230. The molecular formula is C21H19ClN6O2S2. The molecule has 0 saturated carbocycles. The number of nitrogens with one attached hydrogen (secondary N) is 1. The molecule has 0 unspecified atom stereocenters. The Morgan fingerprint density at radius 1 is 1.25 bits per heavy atom. The van der Waals surface area contributed by atoms with Gasteiger partial charge in [-0.15, -0.1) is 21.5 Å². The molecule has 3 heterocycles. The molecule has 8 nitrogen and oxygen atoms in total. The average Bonchev–Trinajstić information content (AvgIpc) is 3.45. The number of thioether (sulfide) groups is 1. The smallest absolute Gasteiger partial charge is 0.274 e. The zero-order valence-electron chi connectivity index (χ0n) is 17.3. The van der Waals surface area contributed by atoms with Gasteiger partial charge in [-0.05, 0) is 43.7 Å². The number of rotatable bonds is 8. The van der Waals surface area contributed by atoms with Crippen LogP contribution < -0.4 is 5.48 Å². The Hall–Kier alpha value is -2.79. The summed E-state index contributed by atoms with van der Waals surface area (Å²) in [6.07, 6.45) is 3.44. The van der Waals surface area contributed by atoms with Crippen molar-refractivity contribution in [2.24, 2.45) is 0 Å². The zero-order valence-corrected chi connectivity index (χ0v) is 19.7. The SMILES string of the molecule is CCONC(=O)c1csc(CSc2nnc(-c3ccncc3)n2-c2cc(Cl)ccc2C)n1. The maximum absolute atomic E-state index is 12.0. The molecule has 0 radical (unpaired) electrons. The van der Waals surface area contributed by atoms with Crippen LogP contribution in [0.1, 0.15) is 28.0 Å². The van der Waals surface area contributed by atoms with Crippen molar-refractivity contribution in [3.05, 3.63) is 69.4 Å². The molecule has 4 aromatic rings. The maximum Gasteiger partial charge on any atom is 0.294 e. The molecule has 164 valence electrons. The fourth-order valence-corrected chi connectivity index (χ4v) is 4.79. The van der Waals surface area contributed by atoms with Crippen molar-refractivity contribution in [2.75, 3.05) is 6.61 Å². The molecule has 0 atom stereocenters. The first kappa shape index (κ1) is 22.4. The Morgan fingerprint density at radius 2 is 2.06 bits per heavy atom. The molecule has 3 aromatic heterocycles. The summed E-state index contributed by atoms with van der Waals surface area (Å²) in [6, 6.07) is 9.49. The first-order chi connectivity index (χ1) is 15.6. The lowest BCUT2D eigenvalue weighted by atomic mass is 10.2. The quantitative estimate of drug-likeness (QED) is 0.284. The summed E-state index contributed by atoms with van der Waals surface area (Å²) in [6.45, 7) is 4.19.